The number of ether oxygens (including phenoxy) is 1. The van der Waals surface area contributed by atoms with Crippen molar-refractivity contribution in [1.29, 1.82) is 0 Å². The molecule has 116 valence electrons. The van der Waals surface area contributed by atoms with Crippen LogP contribution in [-0.2, 0) is 6.54 Å². The van der Waals surface area contributed by atoms with E-state index in [1.54, 1.807) is 10.6 Å². The summed E-state index contributed by atoms with van der Waals surface area (Å²) in [6.45, 7) is 5.20. The number of rotatable bonds is 7. The van der Waals surface area contributed by atoms with Gasteiger partial charge in [0.05, 0.1) is 17.9 Å². The molecule has 1 aromatic heterocycles. The Labute approximate surface area is 130 Å². The summed E-state index contributed by atoms with van der Waals surface area (Å²) in [6.07, 6.45) is 2.49. The third kappa shape index (κ3) is 3.45. The highest BCUT2D eigenvalue weighted by atomic mass is 16.5. The van der Waals surface area contributed by atoms with E-state index in [0.717, 1.165) is 29.8 Å². The molecule has 0 unspecified atom stereocenters. The molecule has 0 aliphatic rings. The zero-order chi connectivity index (χ0) is 15.9. The maximum atomic E-state index is 12.4. The Morgan fingerprint density at radius 1 is 1.18 bits per heavy atom. The molecule has 1 aromatic carbocycles. The topological polar surface area (TPSA) is 48.3 Å². The van der Waals surface area contributed by atoms with E-state index >= 15 is 0 Å². The van der Waals surface area contributed by atoms with Gasteiger partial charge >= 0.3 is 0 Å². The standard InChI is InChI=1S/C18H21NO3/c1-3-5-11-19-17(10-9-15(13-20)18(19)21)14-7-6-8-16(12-14)22-4-2/h6-10,12-13H,3-5,11H2,1-2H3. The molecular formula is C18H21NO3. The molecular weight excluding hydrogens is 278 g/mol. The Hall–Kier alpha value is -2.36. The van der Waals surface area contributed by atoms with Gasteiger partial charge in [-0.25, -0.2) is 0 Å². The maximum absolute atomic E-state index is 12.4. The van der Waals surface area contributed by atoms with E-state index < -0.39 is 0 Å². The SMILES string of the molecule is CCCCn1c(-c2cccc(OCC)c2)ccc(C=O)c1=O. The third-order valence-electron chi connectivity index (χ3n) is 3.51. The van der Waals surface area contributed by atoms with Crippen molar-refractivity contribution in [2.24, 2.45) is 0 Å². The number of carbonyl (C=O) groups excluding carboxylic acids is 1. The van der Waals surface area contributed by atoms with Gasteiger partial charge in [-0.05, 0) is 37.6 Å². The van der Waals surface area contributed by atoms with E-state index in [-0.39, 0.29) is 11.1 Å². The van der Waals surface area contributed by atoms with Crippen molar-refractivity contribution in [1.82, 2.24) is 4.57 Å². The minimum atomic E-state index is -0.234. The Kier molecular flexibility index (Phi) is 5.53. The molecule has 0 fully saturated rings. The van der Waals surface area contributed by atoms with Gasteiger partial charge in [0.25, 0.3) is 5.56 Å². The van der Waals surface area contributed by atoms with E-state index in [1.165, 1.54) is 0 Å². The van der Waals surface area contributed by atoms with Gasteiger partial charge in [-0.3, -0.25) is 9.59 Å². The molecule has 0 aliphatic carbocycles. The number of pyridine rings is 1. The molecule has 1 heterocycles. The van der Waals surface area contributed by atoms with Crippen LogP contribution < -0.4 is 10.3 Å². The summed E-state index contributed by atoms with van der Waals surface area (Å²) < 4.78 is 7.20. The van der Waals surface area contributed by atoms with E-state index in [2.05, 4.69) is 6.92 Å². The van der Waals surface area contributed by atoms with Crippen LogP contribution in [0.15, 0.2) is 41.2 Å². The smallest absolute Gasteiger partial charge is 0.261 e. The molecule has 0 N–H and O–H groups in total. The highest BCUT2D eigenvalue weighted by molar-refractivity contribution is 5.75. The summed E-state index contributed by atoms with van der Waals surface area (Å²) >= 11 is 0. The molecule has 0 saturated carbocycles. The van der Waals surface area contributed by atoms with Gasteiger partial charge in [0.15, 0.2) is 6.29 Å². The molecule has 0 amide bonds. The zero-order valence-corrected chi connectivity index (χ0v) is 13.0. The molecule has 0 atom stereocenters. The summed E-state index contributed by atoms with van der Waals surface area (Å²) in [5.74, 6) is 0.772. The lowest BCUT2D eigenvalue weighted by Gasteiger charge is -2.14. The summed E-state index contributed by atoms with van der Waals surface area (Å²) in [5.41, 5.74) is 1.69. The Morgan fingerprint density at radius 3 is 2.68 bits per heavy atom. The van der Waals surface area contributed by atoms with E-state index in [9.17, 15) is 9.59 Å². The predicted octanol–water partition coefficient (Wildman–Crippen LogP) is 3.53. The number of nitrogens with zero attached hydrogens (tertiary/aromatic N) is 1. The van der Waals surface area contributed by atoms with Crippen LogP contribution in [0.1, 0.15) is 37.0 Å². The number of carbonyl (C=O) groups is 1. The normalized spacial score (nSPS) is 10.5. The monoisotopic (exact) mass is 299 g/mol. The van der Waals surface area contributed by atoms with Crippen LogP contribution >= 0.6 is 0 Å². The predicted molar refractivity (Wildman–Crippen MR) is 87.6 cm³/mol. The average Bonchev–Trinajstić information content (AvgIpc) is 2.54. The first-order valence-corrected chi connectivity index (χ1v) is 7.63. The number of hydrogen-bond donors (Lipinski definition) is 0. The number of benzene rings is 1. The molecule has 0 radical (unpaired) electrons. The molecule has 0 saturated heterocycles. The fourth-order valence-corrected chi connectivity index (χ4v) is 2.39. The highest BCUT2D eigenvalue weighted by Gasteiger charge is 2.10. The van der Waals surface area contributed by atoms with Crippen molar-refractivity contribution in [2.45, 2.75) is 33.2 Å². The van der Waals surface area contributed by atoms with E-state index in [1.807, 2.05) is 37.3 Å². The largest absolute Gasteiger partial charge is 0.494 e. The lowest BCUT2D eigenvalue weighted by Crippen LogP contribution is -2.25. The van der Waals surface area contributed by atoms with Crippen LogP contribution in [0.2, 0.25) is 0 Å². The number of aromatic nitrogens is 1. The highest BCUT2D eigenvalue weighted by Crippen LogP contribution is 2.23. The second kappa shape index (κ2) is 7.59. The van der Waals surface area contributed by atoms with E-state index in [4.69, 9.17) is 4.74 Å². The van der Waals surface area contributed by atoms with Gasteiger partial charge in [0, 0.05) is 12.1 Å². The lowest BCUT2D eigenvalue weighted by molar-refractivity contribution is 0.112. The van der Waals surface area contributed by atoms with Gasteiger partial charge in [0.2, 0.25) is 0 Å². The Balaban J connectivity index is 2.53. The number of hydrogen-bond acceptors (Lipinski definition) is 3. The van der Waals surface area contributed by atoms with Gasteiger partial charge in [-0.15, -0.1) is 0 Å². The van der Waals surface area contributed by atoms with Crippen LogP contribution in [0.5, 0.6) is 5.75 Å². The van der Waals surface area contributed by atoms with Crippen molar-refractivity contribution in [2.75, 3.05) is 6.61 Å². The average molecular weight is 299 g/mol. The molecule has 0 spiro atoms. The molecule has 2 aromatic rings. The van der Waals surface area contributed by atoms with Crippen molar-refractivity contribution >= 4 is 6.29 Å². The Bertz CT molecular complexity index is 704. The molecule has 4 heteroatoms. The molecule has 4 nitrogen and oxygen atoms in total. The van der Waals surface area contributed by atoms with Gasteiger partial charge in [-0.2, -0.15) is 0 Å². The first kappa shape index (κ1) is 16.0. The van der Waals surface area contributed by atoms with Gasteiger partial charge in [0.1, 0.15) is 5.75 Å². The van der Waals surface area contributed by atoms with Crippen LogP contribution in [0, 0.1) is 0 Å². The van der Waals surface area contributed by atoms with Crippen molar-refractivity contribution in [3.05, 3.63) is 52.3 Å². The summed E-state index contributed by atoms with van der Waals surface area (Å²) in [4.78, 5) is 23.4. The van der Waals surface area contributed by atoms with Crippen LogP contribution in [0.25, 0.3) is 11.3 Å². The quantitative estimate of drug-likeness (QED) is 0.735. The van der Waals surface area contributed by atoms with Gasteiger partial charge < -0.3 is 9.30 Å². The first-order valence-electron chi connectivity index (χ1n) is 7.63. The number of aldehydes is 1. The molecule has 0 aliphatic heterocycles. The minimum absolute atomic E-state index is 0.195. The summed E-state index contributed by atoms with van der Waals surface area (Å²) in [6, 6.07) is 11.1. The van der Waals surface area contributed by atoms with Crippen molar-refractivity contribution in [3.8, 4) is 17.0 Å². The third-order valence-corrected chi connectivity index (χ3v) is 3.51. The first-order chi connectivity index (χ1) is 10.7. The van der Waals surface area contributed by atoms with Crippen molar-refractivity contribution < 1.29 is 9.53 Å². The maximum Gasteiger partial charge on any atom is 0.261 e. The summed E-state index contributed by atoms with van der Waals surface area (Å²) in [7, 11) is 0. The lowest BCUT2D eigenvalue weighted by atomic mass is 10.1. The molecule has 22 heavy (non-hydrogen) atoms. The fourth-order valence-electron chi connectivity index (χ4n) is 2.39. The minimum Gasteiger partial charge on any atom is -0.494 e. The van der Waals surface area contributed by atoms with Crippen LogP contribution in [0.4, 0.5) is 0 Å². The summed E-state index contributed by atoms with van der Waals surface area (Å²) in [5, 5.41) is 0. The van der Waals surface area contributed by atoms with Crippen LogP contribution in [0.3, 0.4) is 0 Å². The molecule has 2 rings (SSSR count). The Morgan fingerprint density at radius 2 is 2.00 bits per heavy atom. The van der Waals surface area contributed by atoms with E-state index in [0.29, 0.717) is 19.4 Å². The fraction of sp³-hybridized carbons (Fsp3) is 0.333. The second-order valence-corrected chi connectivity index (χ2v) is 5.06. The van der Waals surface area contributed by atoms with Crippen molar-refractivity contribution in [3.63, 3.8) is 0 Å². The molecule has 0 bridgehead atoms. The van der Waals surface area contributed by atoms with Gasteiger partial charge in [-0.1, -0.05) is 25.5 Å². The van der Waals surface area contributed by atoms with Crippen LogP contribution in [-0.4, -0.2) is 17.5 Å². The zero-order valence-electron chi connectivity index (χ0n) is 13.0. The number of unbranched alkanes of at least 4 members (excludes halogenated alkanes) is 1. The second-order valence-electron chi connectivity index (χ2n) is 5.06.